The molecule has 0 saturated heterocycles. The second kappa shape index (κ2) is 7.25. The van der Waals surface area contributed by atoms with Crippen LogP contribution in [0.3, 0.4) is 0 Å². The van der Waals surface area contributed by atoms with Crippen LogP contribution in [0.4, 0.5) is 0 Å². The first kappa shape index (κ1) is 17.2. The van der Waals surface area contributed by atoms with E-state index in [1.54, 1.807) is 6.92 Å². The lowest BCUT2D eigenvalue weighted by Crippen LogP contribution is -2.51. The van der Waals surface area contributed by atoms with Crippen LogP contribution in [0.2, 0.25) is 0 Å². The smallest absolute Gasteiger partial charge is 0.326 e. The molecule has 2 rings (SSSR count). The number of benzene rings is 2. The lowest BCUT2D eigenvalue weighted by atomic mass is 9.76. The first-order chi connectivity index (χ1) is 9.57. The average molecular weight is 306 g/mol. The highest BCUT2D eigenvalue weighted by molar-refractivity contribution is 5.85. The van der Waals surface area contributed by atoms with Gasteiger partial charge in [0.1, 0.15) is 5.54 Å². The van der Waals surface area contributed by atoms with Gasteiger partial charge < -0.3 is 10.5 Å². The van der Waals surface area contributed by atoms with Crippen LogP contribution in [0.5, 0.6) is 0 Å². The van der Waals surface area contributed by atoms with Crippen molar-refractivity contribution in [3.8, 4) is 0 Å². The van der Waals surface area contributed by atoms with Crippen LogP contribution in [-0.2, 0) is 9.53 Å². The highest BCUT2D eigenvalue weighted by Crippen LogP contribution is 2.34. The number of esters is 1. The molecule has 0 radical (unpaired) electrons. The van der Waals surface area contributed by atoms with Gasteiger partial charge in [0, 0.05) is 5.92 Å². The van der Waals surface area contributed by atoms with Crippen molar-refractivity contribution in [3.63, 3.8) is 0 Å². The van der Waals surface area contributed by atoms with Gasteiger partial charge in [0.05, 0.1) is 7.11 Å². The van der Waals surface area contributed by atoms with Crippen LogP contribution < -0.4 is 5.73 Å². The van der Waals surface area contributed by atoms with Crippen molar-refractivity contribution in [1.29, 1.82) is 0 Å². The minimum Gasteiger partial charge on any atom is -0.468 e. The Bertz CT molecular complexity index is 530. The van der Waals surface area contributed by atoms with E-state index in [4.69, 9.17) is 10.5 Å². The second-order valence-electron chi connectivity index (χ2n) is 5.03. The monoisotopic (exact) mass is 305 g/mol. The van der Waals surface area contributed by atoms with Crippen LogP contribution in [0.1, 0.15) is 24.0 Å². The molecule has 1 unspecified atom stereocenters. The van der Waals surface area contributed by atoms with Crippen molar-refractivity contribution in [2.45, 2.75) is 18.4 Å². The summed E-state index contributed by atoms with van der Waals surface area (Å²) in [7, 11) is 1.36. The summed E-state index contributed by atoms with van der Waals surface area (Å²) < 4.78 is 4.88. The molecule has 0 amide bonds. The summed E-state index contributed by atoms with van der Waals surface area (Å²) in [5.41, 5.74) is 7.17. The quantitative estimate of drug-likeness (QED) is 0.883. The lowest BCUT2D eigenvalue weighted by Gasteiger charge is -2.32. The molecule has 0 aromatic heterocycles. The van der Waals surface area contributed by atoms with Gasteiger partial charge in [-0.25, -0.2) is 0 Å². The molecule has 0 aliphatic carbocycles. The molecule has 1 atom stereocenters. The molecular weight excluding hydrogens is 286 g/mol. The molecule has 4 heteroatoms. The number of hydrogen-bond acceptors (Lipinski definition) is 3. The first-order valence-corrected chi connectivity index (χ1v) is 6.54. The molecule has 0 saturated carbocycles. The number of carbonyl (C=O) groups is 1. The third kappa shape index (κ3) is 3.63. The Morgan fingerprint density at radius 3 is 1.71 bits per heavy atom. The number of hydrogen-bond donors (Lipinski definition) is 1. The van der Waals surface area contributed by atoms with Crippen molar-refractivity contribution in [1.82, 2.24) is 0 Å². The maximum absolute atomic E-state index is 12.1. The molecule has 0 bridgehead atoms. The standard InChI is InChI=1S/C17H19NO2.ClH/c1-17(18,16(19)20-2)15(13-9-5-3-6-10-13)14-11-7-4-8-12-14;/h3-12,15H,18H2,1-2H3;1H. The average Bonchev–Trinajstić information content (AvgIpc) is 2.48. The van der Waals surface area contributed by atoms with Gasteiger partial charge in [-0.2, -0.15) is 0 Å². The number of carbonyl (C=O) groups excluding carboxylic acids is 1. The molecule has 0 heterocycles. The molecule has 2 aromatic rings. The van der Waals surface area contributed by atoms with Crippen LogP contribution >= 0.6 is 12.4 Å². The van der Waals surface area contributed by atoms with Crippen LogP contribution in [0.25, 0.3) is 0 Å². The predicted octanol–water partition coefficient (Wildman–Crippen LogP) is 3.13. The maximum Gasteiger partial charge on any atom is 0.326 e. The van der Waals surface area contributed by atoms with E-state index in [0.29, 0.717) is 0 Å². The topological polar surface area (TPSA) is 52.3 Å². The summed E-state index contributed by atoms with van der Waals surface area (Å²) in [6.45, 7) is 1.71. The maximum atomic E-state index is 12.1. The van der Waals surface area contributed by atoms with E-state index < -0.39 is 11.5 Å². The van der Waals surface area contributed by atoms with E-state index in [-0.39, 0.29) is 18.3 Å². The van der Waals surface area contributed by atoms with Gasteiger partial charge >= 0.3 is 5.97 Å². The van der Waals surface area contributed by atoms with Gasteiger partial charge in [0.15, 0.2) is 0 Å². The zero-order valence-corrected chi connectivity index (χ0v) is 13.0. The molecular formula is C17H20ClNO2. The molecule has 21 heavy (non-hydrogen) atoms. The fourth-order valence-corrected chi connectivity index (χ4v) is 2.51. The van der Waals surface area contributed by atoms with Gasteiger partial charge in [-0.3, -0.25) is 4.79 Å². The second-order valence-corrected chi connectivity index (χ2v) is 5.03. The van der Waals surface area contributed by atoms with Crippen molar-refractivity contribution >= 4 is 18.4 Å². The summed E-state index contributed by atoms with van der Waals surface area (Å²) in [6, 6.07) is 19.6. The Hall–Kier alpha value is -1.84. The Balaban J connectivity index is 0.00000220. The molecule has 0 aliphatic heterocycles. The number of halogens is 1. The summed E-state index contributed by atoms with van der Waals surface area (Å²) in [5, 5.41) is 0. The zero-order chi connectivity index (χ0) is 14.6. The van der Waals surface area contributed by atoms with Crippen molar-refractivity contribution in [2.75, 3.05) is 7.11 Å². The number of nitrogens with two attached hydrogens (primary N) is 1. The Morgan fingerprint density at radius 1 is 1.00 bits per heavy atom. The fourth-order valence-electron chi connectivity index (χ4n) is 2.51. The van der Waals surface area contributed by atoms with Gasteiger partial charge in [0.25, 0.3) is 0 Å². The van der Waals surface area contributed by atoms with E-state index in [1.165, 1.54) is 7.11 Å². The molecule has 0 aliphatic rings. The molecule has 0 spiro atoms. The summed E-state index contributed by atoms with van der Waals surface area (Å²) in [5.74, 6) is -0.674. The first-order valence-electron chi connectivity index (χ1n) is 6.54. The van der Waals surface area contributed by atoms with Crippen molar-refractivity contribution in [2.24, 2.45) is 5.73 Å². The lowest BCUT2D eigenvalue weighted by molar-refractivity contribution is -0.146. The highest BCUT2D eigenvalue weighted by atomic mass is 35.5. The fraction of sp³-hybridized carbons (Fsp3) is 0.235. The van der Waals surface area contributed by atoms with E-state index >= 15 is 0 Å². The zero-order valence-electron chi connectivity index (χ0n) is 12.2. The molecule has 2 N–H and O–H groups in total. The number of rotatable bonds is 4. The van der Waals surface area contributed by atoms with Crippen molar-refractivity contribution in [3.05, 3.63) is 71.8 Å². The molecule has 112 valence electrons. The highest BCUT2D eigenvalue weighted by Gasteiger charge is 2.40. The molecule has 0 fully saturated rings. The van der Waals surface area contributed by atoms with Crippen molar-refractivity contribution < 1.29 is 9.53 Å². The molecule has 3 nitrogen and oxygen atoms in total. The summed E-state index contributed by atoms with van der Waals surface area (Å²) >= 11 is 0. The third-order valence-electron chi connectivity index (χ3n) is 3.49. The predicted molar refractivity (Wildman–Crippen MR) is 86.6 cm³/mol. The largest absolute Gasteiger partial charge is 0.468 e. The van der Waals surface area contributed by atoms with Crippen LogP contribution in [0.15, 0.2) is 60.7 Å². The number of methoxy groups -OCH3 is 1. The van der Waals surface area contributed by atoms with Crippen LogP contribution in [-0.4, -0.2) is 18.6 Å². The van der Waals surface area contributed by atoms with Gasteiger partial charge in [-0.05, 0) is 18.1 Å². The SMILES string of the molecule is COC(=O)C(C)(N)C(c1ccccc1)c1ccccc1.Cl. The van der Waals surface area contributed by atoms with Gasteiger partial charge in [-0.15, -0.1) is 12.4 Å². The molecule has 2 aromatic carbocycles. The van der Waals surface area contributed by atoms with Gasteiger partial charge in [-0.1, -0.05) is 60.7 Å². The van der Waals surface area contributed by atoms with E-state index in [2.05, 4.69) is 0 Å². The van der Waals surface area contributed by atoms with E-state index in [9.17, 15) is 4.79 Å². The Kier molecular flexibility index (Phi) is 5.94. The number of ether oxygens (including phenoxy) is 1. The minimum absolute atomic E-state index is 0. The van der Waals surface area contributed by atoms with Gasteiger partial charge in [0.2, 0.25) is 0 Å². The normalized spacial score (nSPS) is 13.1. The van der Waals surface area contributed by atoms with E-state index in [1.807, 2.05) is 60.7 Å². The van der Waals surface area contributed by atoms with Crippen LogP contribution in [0, 0.1) is 0 Å². The summed E-state index contributed by atoms with van der Waals surface area (Å²) in [4.78, 5) is 12.1. The Labute approximate surface area is 131 Å². The Morgan fingerprint density at radius 2 is 1.38 bits per heavy atom. The third-order valence-corrected chi connectivity index (χ3v) is 3.49. The summed E-state index contributed by atoms with van der Waals surface area (Å²) in [6.07, 6.45) is 0. The van der Waals surface area contributed by atoms with E-state index in [0.717, 1.165) is 11.1 Å². The minimum atomic E-state index is -1.13.